The van der Waals surface area contributed by atoms with Gasteiger partial charge in [0, 0.05) is 24.9 Å². The Morgan fingerprint density at radius 1 is 1.03 bits per heavy atom. The first-order chi connectivity index (χ1) is 18.8. The molecule has 208 valence electrons. The number of carbonyl (C=O) groups is 1. The van der Waals surface area contributed by atoms with Crippen molar-refractivity contribution in [3.05, 3.63) is 70.0 Å². The van der Waals surface area contributed by atoms with Crippen molar-refractivity contribution >= 4 is 40.3 Å². The summed E-state index contributed by atoms with van der Waals surface area (Å²) in [5.74, 6) is 1.37. The third kappa shape index (κ3) is 8.03. The van der Waals surface area contributed by atoms with Crippen LogP contribution in [0.4, 0.5) is 13.6 Å². The first-order valence-electron chi connectivity index (χ1n) is 11.9. The van der Waals surface area contributed by atoms with Gasteiger partial charge in [0.25, 0.3) is 0 Å². The number of nitrogens with zero attached hydrogens (tertiary/aromatic N) is 1. The Bertz CT molecular complexity index is 1290. The summed E-state index contributed by atoms with van der Waals surface area (Å²) in [4.78, 5) is 17.6. The van der Waals surface area contributed by atoms with E-state index in [2.05, 4.69) is 9.72 Å². The van der Waals surface area contributed by atoms with E-state index in [1.165, 1.54) is 44.8 Å². The highest BCUT2D eigenvalue weighted by Gasteiger charge is 2.26. The average Bonchev–Trinajstić information content (AvgIpc) is 3.74. The van der Waals surface area contributed by atoms with Gasteiger partial charge in [0.1, 0.15) is 17.6 Å². The van der Waals surface area contributed by atoms with Gasteiger partial charge in [0.15, 0.2) is 11.5 Å². The second-order valence-corrected chi connectivity index (χ2v) is 10.4. The summed E-state index contributed by atoms with van der Waals surface area (Å²) in [7, 11) is 3.00. The van der Waals surface area contributed by atoms with Crippen LogP contribution in [-0.2, 0) is 11.2 Å². The summed E-state index contributed by atoms with van der Waals surface area (Å²) in [6.45, 7) is -2.67. The number of hydrogen-bond donors (Lipinski definition) is 0. The summed E-state index contributed by atoms with van der Waals surface area (Å²) >= 11 is 13.5. The van der Waals surface area contributed by atoms with Crippen molar-refractivity contribution in [1.82, 2.24) is 4.98 Å². The van der Waals surface area contributed by atoms with E-state index in [1.54, 1.807) is 18.2 Å². The monoisotopic (exact) mass is 599 g/mol. The maximum atomic E-state index is 13.1. The van der Waals surface area contributed by atoms with Crippen LogP contribution in [0.15, 0.2) is 53.7 Å². The molecular weight excluding hydrogens is 575 g/mol. The molecule has 0 unspecified atom stereocenters. The molecule has 0 bridgehead atoms. The molecule has 7 nitrogen and oxygen atoms in total. The molecule has 1 fully saturated rings. The molecule has 1 saturated carbocycles. The normalized spacial score (nSPS) is 13.6. The van der Waals surface area contributed by atoms with Crippen LogP contribution in [0.1, 0.15) is 30.1 Å². The summed E-state index contributed by atoms with van der Waals surface area (Å²) in [6, 6.07) is 9.43. The predicted octanol–water partition coefficient (Wildman–Crippen LogP) is 8.01. The number of carbonyl (C=O) groups excluding carboxylic acids is 1. The highest BCUT2D eigenvalue weighted by molar-refractivity contribution is 8.13. The van der Waals surface area contributed by atoms with Crippen LogP contribution in [0.2, 0.25) is 10.0 Å². The second kappa shape index (κ2) is 13.4. The summed E-state index contributed by atoms with van der Waals surface area (Å²) in [5, 5.41) is -0.0649. The van der Waals surface area contributed by atoms with Crippen LogP contribution in [0.3, 0.4) is 0 Å². The lowest BCUT2D eigenvalue weighted by atomic mass is 10.0. The molecule has 0 amide bonds. The van der Waals surface area contributed by atoms with Crippen LogP contribution >= 0.6 is 35.0 Å². The molecule has 1 heterocycles. The van der Waals surface area contributed by atoms with E-state index in [9.17, 15) is 13.6 Å². The number of benzene rings is 2. The van der Waals surface area contributed by atoms with E-state index in [-0.39, 0.29) is 28.0 Å². The van der Waals surface area contributed by atoms with Gasteiger partial charge in [-0.05, 0) is 65.9 Å². The fourth-order valence-electron chi connectivity index (χ4n) is 3.66. The van der Waals surface area contributed by atoms with E-state index in [0.29, 0.717) is 40.0 Å². The van der Waals surface area contributed by atoms with Crippen molar-refractivity contribution in [3.63, 3.8) is 0 Å². The lowest BCUT2D eigenvalue weighted by Crippen LogP contribution is -2.13. The lowest BCUT2D eigenvalue weighted by Gasteiger charge is -2.21. The molecule has 1 aliphatic rings. The lowest BCUT2D eigenvalue weighted by molar-refractivity contribution is -0.0515. The van der Waals surface area contributed by atoms with E-state index in [1.807, 2.05) is 0 Å². The zero-order valence-electron chi connectivity index (χ0n) is 21.0. The van der Waals surface area contributed by atoms with Crippen molar-refractivity contribution < 1.29 is 37.3 Å². The molecule has 2 aromatic carbocycles. The number of pyridine rings is 1. The molecule has 39 heavy (non-hydrogen) atoms. The zero-order valence-corrected chi connectivity index (χ0v) is 23.3. The molecule has 0 aliphatic heterocycles. The molecule has 1 aliphatic carbocycles. The summed E-state index contributed by atoms with van der Waals surface area (Å²) in [6.07, 6.45) is 4.07. The topological polar surface area (TPSA) is 76.1 Å². The standard InChI is InChI=1S/C27H25Cl2F2NO6S/c1-34-17-6-8-25(24(10-17)35-2)39-27(33)38-22(11-18-19(28)12-32-13-20(18)29)16-5-7-21(37-26(30)31)23(9-16)36-14-15-3-4-15/h5-10,12-13,15,22,26H,3-4,11,14H2,1-2H3/t22-/m0/s1. The maximum Gasteiger partial charge on any atom is 0.387 e. The van der Waals surface area contributed by atoms with Crippen molar-refractivity contribution in [1.29, 1.82) is 0 Å². The quantitative estimate of drug-likeness (QED) is 0.153. The van der Waals surface area contributed by atoms with Gasteiger partial charge in [-0.25, -0.2) is 4.79 Å². The third-order valence-electron chi connectivity index (χ3n) is 5.87. The van der Waals surface area contributed by atoms with Crippen LogP contribution < -0.4 is 18.9 Å². The Morgan fingerprint density at radius 2 is 1.77 bits per heavy atom. The largest absolute Gasteiger partial charge is 0.497 e. The van der Waals surface area contributed by atoms with Crippen molar-refractivity contribution in [3.8, 4) is 23.0 Å². The van der Waals surface area contributed by atoms with Gasteiger partial charge in [-0.15, -0.1) is 0 Å². The van der Waals surface area contributed by atoms with Gasteiger partial charge >= 0.3 is 11.9 Å². The fourth-order valence-corrected chi connectivity index (χ4v) is 4.90. The average molecular weight is 600 g/mol. The van der Waals surface area contributed by atoms with Gasteiger partial charge in [0.05, 0.1) is 35.8 Å². The number of hydrogen-bond acceptors (Lipinski definition) is 8. The van der Waals surface area contributed by atoms with E-state index in [0.717, 1.165) is 24.6 Å². The molecule has 12 heteroatoms. The molecule has 1 aromatic heterocycles. The highest BCUT2D eigenvalue weighted by Crippen LogP contribution is 2.40. The number of halogens is 4. The van der Waals surface area contributed by atoms with Gasteiger partial charge in [-0.1, -0.05) is 29.3 Å². The molecular formula is C27H25Cl2F2NO6S. The smallest absolute Gasteiger partial charge is 0.387 e. The van der Waals surface area contributed by atoms with Gasteiger partial charge in [-0.2, -0.15) is 8.78 Å². The van der Waals surface area contributed by atoms with Gasteiger partial charge in [0.2, 0.25) is 0 Å². The van der Waals surface area contributed by atoms with Crippen LogP contribution in [0, 0.1) is 5.92 Å². The van der Waals surface area contributed by atoms with Gasteiger partial charge in [-0.3, -0.25) is 4.98 Å². The Morgan fingerprint density at radius 3 is 2.41 bits per heavy atom. The van der Waals surface area contributed by atoms with E-state index >= 15 is 0 Å². The predicted molar refractivity (Wildman–Crippen MR) is 144 cm³/mol. The van der Waals surface area contributed by atoms with Crippen molar-refractivity contribution in [2.24, 2.45) is 5.92 Å². The minimum Gasteiger partial charge on any atom is -0.497 e. The Hall–Kier alpha value is -2.95. The Labute approximate surface area is 238 Å². The zero-order chi connectivity index (χ0) is 27.9. The molecule has 3 aromatic rings. The summed E-state index contributed by atoms with van der Waals surface area (Å²) in [5.41, 5.74) is 0.980. The molecule has 0 spiro atoms. The molecule has 0 N–H and O–H groups in total. The fraction of sp³-hybridized carbons (Fsp3) is 0.333. The van der Waals surface area contributed by atoms with Gasteiger partial charge < -0.3 is 23.7 Å². The number of alkyl halides is 2. The van der Waals surface area contributed by atoms with E-state index in [4.69, 9.17) is 42.1 Å². The highest BCUT2D eigenvalue weighted by atomic mass is 35.5. The van der Waals surface area contributed by atoms with Crippen molar-refractivity contribution in [2.45, 2.75) is 36.9 Å². The van der Waals surface area contributed by atoms with Crippen LogP contribution in [-0.4, -0.2) is 37.7 Å². The Kier molecular flexibility index (Phi) is 9.99. The molecule has 0 saturated heterocycles. The minimum atomic E-state index is -3.03. The number of methoxy groups -OCH3 is 2. The number of thioether (sulfide) groups is 1. The number of ether oxygens (including phenoxy) is 5. The minimum absolute atomic E-state index is 0.0867. The first-order valence-corrected chi connectivity index (χ1v) is 13.4. The van der Waals surface area contributed by atoms with Crippen LogP contribution in [0.25, 0.3) is 0 Å². The summed E-state index contributed by atoms with van der Waals surface area (Å²) < 4.78 is 53.0. The van der Waals surface area contributed by atoms with E-state index < -0.39 is 18.0 Å². The first kappa shape index (κ1) is 29.0. The third-order valence-corrected chi connectivity index (χ3v) is 7.34. The maximum absolute atomic E-state index is 13.1. The number of aromatic nitrogens is 1. The second-order valence-electron chi connectivity index (χ2n) is 8.60. The van der Waals surface area contributed by atoms with Crippen LogP contribution in [0.5, 0.6) is 23.0 Å². The molecule has 1 atom stereocenters. The van der Waals surface area contributed by atoms with Crippen molar-refractivity contribution in [2.75, 3.05) is 20.8 Å². The number of rotatable bonds is 12. The Balaban J connectivity index is 1.64. The molecule has 0 radical (unpaired) electrons. The SMILES string of the molecule is COc1ccc(SC(=O)O[C@@H](Cc2c(Cl)cncc2Cl)c2ccc(OC(F)F)c(OCC3CC3)c2)c(OC)c1. The molecule has 4 rings (SSSR count).